The van der Waals surface area contributed by atoms with E-state index >= 15 is 0 Å². The molecule has 0 atom stereocenters. The Labute approximate surface area is 99.7 Å². The maximum Gasteiger partial charge on any atom is 0.255 e. The highest BCUT2D eigenvalue weighted by atomic mass is 16.2. The Morgan fingerprint density at radius 1 is 1.47 bits per heavy atom. The van der Waals surface area contributed by atoms with Gasteiger partial charge >= 0.3 is 0 Å². The SMILES string of the molecule is CN(Cc1cnn(C)c1)C(=O)c1cccnc1. The fourth-order valence-electron chi connectivity index (χ4n) is 1.61. The predicted molar refractivity (Wildman–Crippen MR) is 63.2 cm³/mol. The van der Waals surface area contributed by atoms with Crippen molar-refractivity contribution < 1.29 is 4.79 Å². The summed E-state index contributed by atoms with van der Waals surface area (Å²) < 4.78 is 1.72. The van der Waals surface area contributed by atoms with E-state index in [0.29, 0.717) is 12.1 Å². The van der Waals surface area contributed by atoms with Gasteiger partial charge in [0.1, 0.15) is 0 Å². The Morgan fingerprint density at radius 3 is 2.88 bits per heavy atom. The summed E-state index contributed by atoms with van der Waals surface area (Å²) in [6.45, 7) is 0.543. The van der Waals surface area contributed by atoms with Crippen molar-refractivity contribution in [2.45, 2.75) is 6.54 Å². The fourth-order valence-corrected chi connectivity index (χ4v) is 1.61. The summed E-state index contributed by atoms with van der Waals surface area (Å²) in [5.41, 5.74) is 1.60. The monoisotopic (exact) mass is 230 g/mol. The zero-order valence-electron chi connectivity index (χ0n) is 9.87. The number of aromatic nitrogens is 3. The lowest BCUT2D eigenvalue weighted by atomic mass is 10.2. The van der Waals surface area contributed by atoms with Crippen molar-refractivity contribution in [3.8, 4) is 0 Å². The largest absolute Gasteiger partial charge is 0.337 e. The summed E-state index contributed by atoms with van der Waals surface area (Å²) in [5, 5.41) is 4.07. The normalized spacial score (nSPS) is 10.2. The molecule has 5 heteroatoms. The average Bonchev–Trinajstić information content (AvgIpc) is 2.75. The second kappa shape index (κ2) is 4.78. The predicted octanol–water partition coefficient (Wildman–Crippen LogP) is 1.09. The number of hydrogen-bond acceptors (Lipinski definition) is 3. The topological polar surface area (TPSA) is 51.0 Å². The molecule has 0 aromatic carbocycles. The first-order valence-corrected chi connectivity index (χ1v) is 5.30. The number of pyridine rings is 1. The van der Waals surface area contributed by atoms with Gasteiger partial charge in [-0.05, 0) is 12.1 Å². The van der Waals surface area contributed by atoms with Crippen LogP contribution in [0, 0.1) is 0 Å². The Morgan fingerprint density at radius 2 is 2.29 bits per heavy atom. The van der Waals surface area contributed by atoms with Crippen LogP contribution in [0.3, 0.4) is 0 Å². The number of carbonyl (C=O) groups is 1. The molecule has 0 aliphatic carbocycles. The first-order valence-electron chi connectivity index (χ1n) is 5.30. The van der Waals surface area contributed by atoms with Crippen LogP contribution < -0.4 is 0 Å². The van der Waals surface area contributed by atoms with E-state index in [9.17, 15) is 4.79 Å². The lowest BCUT2D eigenvalue weighted by molar-refractivity contribution is 0.0784. The van der Waals surface area contributed by atoms with Gasteiger partial charge in [-0.15, -0.1) is 0 Å². The van der Waals surface area contributed by atoms with Crippen molar-refractivity contribution in [3.05, 3.63) is 48.0 Å². The van der Waals surface area contributed by atoms with Gasteiger partial charge in [-0.3, -0.25) is 14.5 Å². The standard InChI is InChI=1S/C12H14N4O/c1-15(8-10-6-14-16(2)9-10)12(17)11-4-3-5-13-7-11/h3-7,9H,8H2,1-2H3. The van der Waals surface area contributed by atoms with Crippen molar-refractivity contribution in [1.82, 2.24) is 19.7 Å². The number of amides is 1. The van der Waals surface area contributed by atoms with Crippen LogP contribution in [0.25, 0.3) is 0 Å². The Bertz CT molecular complexity index is 506. The van der Waals surface area contributed by atoms with E-state index in [-0.39, 0.29) is 5.91 Å². The first kappa shape index (κ1) is 11.3. The quantitative estimate of drug-likeness (QED) is 0.793. The number of nitrogens with zero attached hydrogens (tertiary/aromatic N) is 4. The van der Waals surface area contributed by atoms with Crippen molar-refractivity contribution in [3.63, 3.8) is 0 Å². The van der Waals surface area contributed by atoms with E-state index in [4.69, 9.17) is 0 Å². The molecule has 2 aromatic rings. The Kier molecular flexibility index (Phi) is 3.18. The average molecular weight is 230 g/mol. The van der Waals surface area contributed by atoms with Gasteiger partial charge in [-0.1, -0.05) is 0 Å². The smallest absolute Gasteiger partial charge is 0.255 e. The summed E-state index contributed by atoms with van der Waals surface area (Å²) in [6.07, 6.45) is 6.88. The molecule has 2 aromatic heterocycles. The molecule has 0 saturated heterocycles. The molecule has 0 unspecified atom stereocenters. The van der Waals surface area contributed by atoms with Crippen LogP contribution in [0.2, 0.25) is 0 Å². The minimum atomic E-state index is -0.0399. The third-order valence-electron chi connectivity index (χ3n) is 2.43. The van der Waals surface area contributed by atoms with Crippen LogP contribution in [0.1, 0.15) is 15.9 Å². The van der Waals surface area contributed by atoms with E-state index < -0.39 is 0 Å². The van der Waals surface area contributed by atoms with E-state index in [2.05, 4.69) is 10.1 Å². The van der Waals surface area contributed by atoms with Gasteiger partial charge in [0.25, 0.3) is 5.91 Å². The highest BCUT2D eigenvalue weighted by Gasteiger charge is 2.12. The van der Waals surface area contributed by atoms with Crippen molar-refractivity contribution >= 4 is 5.91 Å². The third kappa shape index (κ3) is 2.69. The Hall–Kier alpha value is -2.17. The molecular formula is C12H14N4O. The molecule has 0 aliphatic heterocycles. The summed E-state index contributed by atoms with van der Waals surface area (Å²) in [5.74, 6) is -0.0399. The first-order chi connectivity index (χ1) is 8.16. The Balaban J connectivity index is 2.06. The van der Waals surface area contributed by atoms with Gasteiger partial charge in [-0.2, -0.15) is 5.10 Å². The van der Waals surface area contributed by atoms with E-state index in [1.807, 2.05) is 13.2 Å². The van der Waals surface area contributed by atoms with Gasteiger partial charge in [0, 0.05) is 44.8 Å². The molecule has 88 valence electrons. The molecule has 2 heterocycles. The molecule has 1 amide bonds. The summed E-state index contributed by atoms with van der Waals surface area (Å²) in [7, 11) is 3.62. The molecule has 0 radical (unpaired) electrons. The van der Waals surface area contributed by atoms with Gasteiger partial charge in [0.05, 0.1) is 11.8 Å². The summed E-state index contributed by atoms with van der Waals surface area (Å²) >= 11 is 0. The number of aryl methyl sites for hydroxylation is 1. The van der Waals surface area contributed by atoms with Crippen molar-refractivity contribution in [2.24, 2.45) is 7.05 Å². The second-order valence-electron chi connectivity index (χ2n) is 3.93. The van der Waals surface area contributed by atoms with Gasteiger partial charge in [0.2, 0.25) is 0 Å². The summed E-state index contributed by atoms with van der Waals surface area (Å²) in [6, 6.07) is 3.51. The van der Waals surface area contributed by atoms with Crippen LogP contribution in [-0.4, -0.2) is 32.6 Å². The van der Waals surface area contributed by atoms with Crippen LogP contribution >= 0.6 is 0 Å². The molecule has 0 saturated carbocycles. The van der Waals surface area contributed by atoms with Gasteiger partial charge in [0.15, 0.2) is 0 Å². The molecule has 0 aliphatic rings. The zero-order chi connectivity index (χ0) is 12.3. The lowest BCUT2D eigenvalue weighted by Gasteiger charge is -2.15. The van der Waals surface area contributed by atoms with E-state index in [1.54, 1.807) is 47.4 Å². The van der Waals surface area contributed by atoms with Crippen LogP contribution in [0.15, 0.2) is 36.9 Å². The number of carbonyl (C=O) groups excluding carboxylic acids is 1. The van der Waals surface area contributed by atoms with Crippen LogP contribution in [0.4, 0.5) is 0 Å². The lowest BCUT2D eigenvalue weighted by Crippen LogP contribution is -2.26. The number of hydrogen-bond donors (Lipinski definition) is 0. The highest BCUT2D eigenvalue weighted by molar-refractivity contribution is 5.93. The fraction of sp³-hybridized carbons (Fsp3) is 0.250. The molecule has 0 N–H and O–H groups in total. The zero-order valence-corrected chi connectivity index (χ0v) is 9.87. The summed E-state index contributed by atoms with van der Waals surface area (Å²) in [4.78, 5) is 17.6. The van der Waals surface area contributed by atoms with E-state index in [1.165, 1.54) is 0 Å². The highest BCUT2D eigenvalue weighted by Crippen LogP contribution is 2.06. The third-order valence-corrected chi connectivity index (χ3v) is 2.43. The molecule has 2 rings (SSSR count). The maximum atomic E-state index is 12.0. The molecule has 5 nitrogen and oxygen atoms in total. The molecule has 0 spiro atoms. The number of rotatable bonds is 3. The minimum Gasteiger partial charge on any atom is -0.337 e. The molecule has 0 fully saturated rings. The van der Waals surface area contributed by atoms with E-state index in [0.717, 1.165) is 5.56 Å². The van der Waals surface area contributed by atoms with Crippen LogP contribution in [0.5, 0.6) is 0 Å². The molecule has 0 bridgehead atoms. The van der Waals surface area contributed by atoms with Crippen molar-refractivity contribution in [2.75, 3.05) is 7.05 Å². The van der Waals surface area contributed by atoms with Gasteiger partial charge in [-0.25, -0.2) is 0 Å². The second-order valence-corrected chi connectivity index (χ2v) is 3.93. The van der Waals surface area contributed by atoms with Gasteiger partial charge < -0.3 is 4.90 Å². The minimum absolute atomic E-state index is 0.0399. The molecular weight excluding hydrogens is 216 g/mol. The maximum absolute atomic E-state index is 12.0. The molecule has 17 heavy (non-hydrogen) atoms. The van der Waals surface area contributed by atoms with Crippen LogP contribution in [-0.2, 0) is 13.6 Å². The van der Waals surface area contributed by atoms with Crippen molar-refractivity contribution in [1.29, 1.82) is 0 Å².